The molecule has 2 aromatic carbocycles. The van der Waals surface area contributed by atoms with Crippen molar-refractivity contribution in [2.24, 2.45) is 0 Å². The van der Waals surface area contributed by atoms with Crippen LogP contribution in [0.1, 0.15) is 28.4 Å². The van der Waals surface area contributed by atoms with Gasteiger partial charge in [-0.05, 0) is 49.2 Å². The van der Waals surface area contributed by atoms with Crippen LogP contribution in [0.3, 0.4) is 0 Å². The average Bonchev–Trinajstić information content (AvgIpc) is 3.21. The van der Waals surface area contributed by atoms with E-state index in [-0.39, 0.29) is 11.9 Å². The van der Waals surface area contributed by atoms with E-state index >= 15 is 0 Å². The highest BCUT2D eigenvalue weighted by Gasteiger charge is 2.27. The van der Waals surface area contributed by atoms with Crippen LogP contribution in [0, 0.1) is 6.92 Å². The number of carbonyl (C=O) groups excluding carboxylic acids is 1. The summed E-state index contributed by atoms with van der Waals surface area (Å²) in [6, 6.07) is 16.6. The fourth-order valence-electron chi connectivity index (χ4n) is 3.77. The highest BCUT2D eigenvalue weighted by molar-refractivity contribution is 5.94. The van der Waals surface area contributed by atoms with Gasteiger partial charge in [-0.25, -0.2) is 9.67 Å². The fourth-order valence-corrected chi connectivity index (χ4v) is 3.77. The van der Waals surface area contributed by atoms with E-state index in [0.29, 0.717) is 6.54 Å². The maximum atomic E-state index is 13.0. The number of carbonyl (C=O) groups is 1. The van der Waals surface area contributed by atoms with E-state index in [4.69, 9.17) is 0 Å². The van der Waals surface area contributed by atoms with Crippen LogP contribution in [0.15, 0.2) is 61.2 Å². The molecular weight excluding hydrogens is 350 g/mol. The summed E-state index contributed by atoms with van der Waals surface area (Å²) < 4.78 is 1.77. The van der Waals surface area contributed by atoms with Crippen LogP contribution in [0.4, 0.5) is 5.69 Å². The highest BCUT2D eigenvalue weighted by Crippen LogP contribution is 2.22. The van der Waals surface area contributed by atoms with Gasteiger partial charge >= 0.3 is 0 Å². The topological polar surface area (TPSA) is 54.3 Å². The largest absolute Gasteiger partial charge is 0.365 e. The van der Waals surface area contributed by atoms with E-state index in [1.807, 2.05) is 29.2 Å². The van der Waals surface area contributed by atoms with Crippen LogP contribution in [0.25, 0.3) is 0 Å². The number of aromatic nitrogens is 3. The number of benzene rings is 2. The number of rotatable bonds is 4. The molecule has 3 aromatic rings. The molecule has 0 N–H and O–H groups in total. The van der Waals surface area contributed by atoms with Gasteiger partial charge < -0.3 is 9.80 Å². The highest BCUT2D eigenvalue weighted by atomic mass is 16.2. The van der Waals surface area contributed by atoms with Crippen molar-refractivity contribution in [2.45, 2.75) is 26.4 Å². The van der Waals surface area contributed by atoms with Crippen molar-refractivity contribution in [3.05, 3.63) is 77.9 Å². The summed E-state index contributed by atoms with van der Waals surface area (Å²) in [7, 11) is 0. The van der Waals surface area contributed by atoms with Crippen molar-refractivity contribution in [1.82, 2.24) is 19.7 Å². The summed E-state index contributed by atoms with van der Waals surface area (Å²) in [6.07, 6.45) is 3.21. The molecule has 0 spiro atoms. The first-order chi connectivity index (χ1) is 13.6. The molecule has 6 nitrogen and oxygen atoms in total. The third-order valence-corrected chi connectivity index (χ3v) is 5.26. The molecule has 0 bridgehead atoms. The van der Waals surface area contributed by atoms with E-state index in [2.05, 4.69) is 53.1 Å². The van der Waals surface area contributed by atoms with Gasteiger partial charge in [0, 0.05) is 36.9 Å². The maximum Gasteiger partial charge on any atom is 0.253 e. The Kier molecular flexibility index (Phi) is 5.10. The van der Waals surface area contributed by atoms with Gasteiger partial charge in [-0.3, -0.25) is 4.79 Å². The Hall–Kier alpha value is -3.15. The third-order valence-electron chi connectivity index (χ3n) is 5.26. The Morgan fingerprint density at radius 3 is 2.64 bits per heavy atom. The monoisotopic (exact) mass is 375 g/mol. The van der Waals surface area contributed by atoms with Crippen molar-refractivity contribution in [3.63, 3.8) is 0 Å². The summed E-state index contributed by atoms with van der Waals surface area (Å²) in [6.45, 7) is 7.26. The Morgan fingerprint density at radius 2 is 1.96 bits per heavy atom. The Bertz CT molecular complexity index is 936. The number of anilines is 1. The lowest BCUT2D eigenvalue weighted by atomic mass is 10.1. The second kappa shape index (κ2) is 7.84. The minimum absolute atomic E-state index is 0.100. The second-order valence-electron chi connectivity index (χ2n) is 7.42. The molecule has 0 saturated carbocycles. The van der Waals surface area contributed by atoms with Crippen molar-refractivity contribution in [2.75, 3.05) is 24.5 Å². The van der Waals surface area contributed by atoms with Gasteiger partial charge in [0.15, 0.2) is 0 Å². The van der Waals surface area contributed by atoms with Crippen LogP contribution in [-0.2, 0) is 6.54 Å². The van der Waals surface area contributed by atoms with Crippen LogP contribution < -0.4 is 4.90 Å². The van der Waals surface area contributed by atoms with Gasteiger partial charge in [-0.1, -0.05) is 24.3 Å². The summed E-state index contributed by atoms with van der Waals surface area (Å²) in [5.74, 6) is 0.100. The van der Waals surface area contributed by atoms with Gasteiger partial charge in [-0.2, -0.15) is 5.10 Å². The van der Waals surface area contributed by atoms with Gasteiger partial charge in [-0.15, -0.1) is 0 Å². The molecule has 28 heavy (non-hydrogen) atoms. The van der Waals surface area contributed by atoms with Gasteiger partial charge in [0.25, 0.3) is 5.91 Å². The summed E-state index contributed by atoms with van der Waals surface area (Å²) in [5, 5.41) is 4.11. The molecule has 4 rings (SSSR count). The smallest absolute Gasteiger partial charge is 0.253 e. The number of nitrogens with zero attached hydrogens (tertiary/aromatic N) is 5. The predicted molar refractivity (Wildman–Crippen MR) is 109 cm³/mol. The quantitative estimate of drug-likeness (QED) is 0.703. The first-order valence-electron chi connectivity index (χ1n) is 9.64. The van der Waals surface area contributed by atoms with Gasteiger partial charge in [0.1, 0.15) is 12.7 Å². The second-order valence-corrected chi connectivity index (χ2v) is 7.42. The van der Waals surface area contributed by atoms with Crippen LogP contribution >= 0.6 is 0 Å². The summed E-state index contributed by atoms with van der Waals surface area (Å²) >= 11 is 0. The molecule has 144 valence electrons. The zero-order chi connectivity index (χ0) is 19.5. The molecule has 2 heterocycles. The predicted octanol–water partition coefficient (Wildman–Crippen LogP) is 2.99. The molecule has 1 amide bonds. The van der Waals surface area contributed by atoms with Crippen LogP contribution in [0.2, 0.25) is 0 Å². The molecule has 1 aliphatic heterocycles. The minimum atomic E-state index is 0.100. The SMILES string of the molecule is Cc1cccc(N2CCN(C(=O)c3ccc(Cn4cncn4)cc3)C[C@@H]2C)c1. The number of hydrogen-bond acceptors (Lipinski definition) is 4. The molecule has 1 aromatic heterocycles. The lowest BCUT2D eigenvalue weighted by Crippen LogP contribution is -2.53. The summed E-state index contributed by atoms with van der Waals surface area (Å²) in [5.41, 5.74) is 4.32. The zero-order valence-corrected chi connectivity index (χ0v) is 16.3. The molecule has 1 fully saturated rings. The molecule has 1 atom stereocenters. The molecular formula is C22H25N5O. The van der Waals surface area contributed by atoms with Crippen LogP contribution in [-0.4, -0.2) is 51.2 Å². The number of hydrogen-bond donors (Lipinski definition) is 0. The zero-order valence-electron chi connectivity index (χ0n) is 16.3. The van der Waals surface area contributed by atoms with E-state index in [1.54, 1.807) is 11.0 Å². The molecule has 0 radical (unpaired) electrons. The first-order valence-corrected chi connectivity index (χ1v) is 9.64. The van der Waals surface area contributed by atoms with Crippen molar-refractivity contribution < 1.29 is 4.79 Å². The van der Waals surface area contributed by atoms with E-state index in [1.165, 1.54) is 17.6 Å². The number of aryl methyl sites for hydroxylation is 1. The molecule has 0 unspecified atom stereocenters. The average molecular weight is 375 g/mol. The van der Waals surface area contributed by atoms with E-state index in [9.17, 15) is 4.79 Å². The molecule has 6 heteroatoms. The van der Waals surface area contributed by atoms with Gasteiger partial charge in [0.2, 0.25) is 0 Å². The Balaban J connectivity index is 1.40. The van der Waals surface area contributed by atoms with Gasteiger partial charge in [0.05, 0.1) is 6.54 Å². The lowest BCUT2D eigenvalue weighted by Gasteiger charge is -2.41. The lowest BCUT2D eigenvalue weighted by molar-refractivity contribution is 0.0726. The third kappa shape index (κ3) is 3.91. The fraction of sp³-hybridized carbons (Fsp3) is 0.318. The number of amides is 1. The molecule has 0 aliphatic carbocycles. The van der Waals surface area contributed by atoms with E-state index < -0.39 is 0 Å². The van der Waals surface area contributed by atoms with Crippen molar-refractivity contribution in [1.29, 1.82) is 0 Å². The first kappa shape index (κ1) is 18.2. The van der Waals surface area contributed by atoms with Crippen molar-refractivity contribution >= 4 is 11.6 Å². The van der Waals surface area contributed by atoms with Crippen molar-refractivity contribution in [3.8, 4) is 0 Å². The standard InChI is InChI=1S/C22H25N5O/c1-17-4-3-5-21(12-17)27-11-10-25(13-18(27)2)22(28)20-8-6-19(7-9-20)14-26-16-23-15-24-26/h3-9,12,15-16,18H,10-11,13-14H2,1-2H3/t18-/m0/s1. The normalized spacial score (nSPS) is 17.0. The number of piperazine rings is 1. The maximum absolute atomic E-state index is 13.0. The molecule has 1 aliphatic rings. The summed E-state index contributed by atoms with van der Waals surface area (Å²) in [4.78, 5) is 21.3. The minimum Gasteiger partial charge on any atom is -0.365 e. The van der Waals surface area contributed by atoms with Crippen LogP contribution in [0.5, 0.6) is 0 Å². The van der Waals surface area contributed by atoms with E-state index in [0.717, 1.165) is 30.8 Å². The Labute approximate surface area is 165 Å². The molecule has 1 saturated heterocycles. The Morgan fingerprint density at radius 1 is 1.14 bits per heavy atom.